The van der Waals surface area contributed by atoms with Crippen molar-refractivity contribution in [3.8, 4) is 0 Å². The Morgan fingerprint density at radius 1 is 0.864 bits per heavy atom. The molecule has 3 aromatic carbocycles. The first-order valence-corrected chi connectivity index (χ1v) is 8.80. The summed E-state index contributed by atoms with van der Waals surface area (Å²) in [5.74, 6) is 0. The normalized spacial score (nSPS) is 11.5. The lowest BCUT2D eigenvalue weighted by atomic mass is 10.1. The van der Waals surface area contributed by atoms with Crippen LogP contribution in [0.15, 0.2) is 70.0 Å². The zero-order chi connectivity index (χ0) is 15.7. The van der Waals surface area contributed by atoms with Crippen molar-refractivity contribution in [2.45, 2.75) is 4.90 Å². The molecule has 22 heavy (non-hydrogen) atoms. The number of fused-ring (bicyclic) bond motifs is 1. The molecule has 0 amide bonds. The van der Waals surface area contributed by atoms with Gasteiger partial charge in [0.15, 0.2) is 0 Å². The van der Waals surface area contributed by atoms with Crippen LogP contribution in [-0.4, -0.2) is 8.42 Å². The number of hydrogen-bond donors (Lipinski definition) is 2. The monoisotopic (exact) mass is 376 g/mol. The number of halogens is 1. The fraction of sp³-hybridized carbons (Fsp3) is 0. The Hall–Kier alpha value is -2.05. The van der Waals surface area contributed by atoms with E-state index >= 15 is 0 Å². The quantitative estimate of drug-likeness (QED) is 0.678. The number of nitrogens with two attached hydrogens (primary N) is 1. The minimum atomic E-state index is -3.69. The van der Waals surface area contributed by atoms with Crippen molar-refractivity contribution in [1.82, 2.24) is 0 Å². The van der Waals surface area contributed by atoms with E-state index in [1.165, 1.54) is 0 Å². The lowest BCUT2D eigenvalue weighted by Crippen LogP contribution is -2.13. The molecule has 0 aliphatic rings. The van der Waals surface area contributed by atoms with E-state index in [0.29, 0.717) is 16.8 Å². The number of nitrogen functional groups attached to an aromatic ring is 1. The van der Waals surface area contributed by atoms with Gasteiger partial charge >= 0.3 is 0 Å². The zero-order valence-corrected chi connectivity index (χ0v) is 13.9. The molecule has 0 bridgehead atoms. The maximum atomic E-state index is 12.6. The van der Waals surface area contributed by atoms with E-state index < -0.39 is 10.0 Å². The number of anilines is 2. The van der Waals surface area contributed by atoms with Crippen LogP contribution in [0, 0.1) is 0 Å². The van der Waals surface area contributed by atoms with E-state index in [0.717, 1.165) is 9.86 Å². The topological polar surface area (TPSA) is 72.2 Å². The highest BCUT2D eigenvalue weighted by atomic mass is 79.9. The van der Waals surface area contributed by atoms with Gasteiger partial charge in [0, 0.05) is 26.6 Å². The van der Waals surface area contributed by atoms with Crippen LogP contribution in [0.5, 0.6) is 0 Å². The summed E-state index contributed by atoms with van der Waals surface area (Å²) in [4.78, 5) is 0.209. The van der Waals surface area contributed by atoms with Crippen LogP contribution in [0.4, 0.5) is 11.4 Å². The molecule has 6 heteroatoms. The predicted octanol–water partition coefficient (Wildman–Crippen LogP) is 3.99. The summed E-state index contributed by atoms with van der Waals surface area (Å²) in [6, 6.07) is 17.3. The fourth-order valence-corrected chi connectivity index (χ4v) is 3.81. The second-order valence-corrected chi connectivity index (χ2v) is 7.38. The Labute approximate surface area is 137 Å². The summed E-state index contributed by atoms with van der Waals surface area (Å²) in [6.07, 6.45) is 0. The Morgan fingerprint density at radius 3 is 2.23 bits per heavy atom. The summed E-state index contributed by atoms with van der Waals surface area (Å²) >= 11 is 3.32. The third-order valence-corrected chi connectivity index (χ3v) is 5.27. The van der Waals surface area contributed by atoms with Crippen LogP contribution in [0.1, 0.15) is 0 Å². The van der Waals surface area contributed by atoms with E-state index in [1.807, 2.05) is 6.07 Å². The molecule has 3 rings (SSSR count). The van der Waals surface area contributed by atoms with Crippen molar-refractivity contribution in [3.63, 3.8) is 0 Å². The second kappa shape index (κ2) is 5.62. The van der Waals surface area contributed by atoms with Crippen LogP contribution in [0.25, 0.3) is 10.8 Å². The molecule has 0 aliphatic carbocycles. The van der Waals surface area contributed by atoms with E-state index in [4.69, 9.17) is 5.73 Å². The average Bonchev–Trinajstić information content (AvgIpc) is 2.49. The van der Waals surface area contributed by atoms with Gasteiger partial charge in [0.05, 0.1) is 4.90 Å². The summed E-state index contributed by atoms with van der Waals surface area (Å²) in [5.41, 5.74) is 6.97. The summed E-state index contributed by atoms with van der Waals surface area (Å²) in [7, 11) is -3.69. The van der Waals surface area contributed by atoms with Crippen LogP contribution >= 0.6 is 15.9 Å². The highest BCUT2D eigenvalue weighted by Gasteiger charge is 2.17. The average molecular weight is 377 g/mol. The largest absolute Gasteiger partial charge is 0.398 e. The summed E-state index contributed by atoms with van der Waals surface area (Å²) in [5, 5.41) is 1.33. The minimum absolute atomic E-state index is 0.209. The molecule has 0 heterocycles. The molecule has 3 aromatic rings. The van der Waals surface area contributed by atoms with Gasteiger partial charge in [-0.3, -0.25) is 4.72 Å². The third kappa shape index (κ3) is 2.80. The van der Waals surface area contributed by atoms with Crippen LogP contribution in [0.3, 0.4) is 0 Å². The van der Waals surface area contributed by atoms with Crippen molar-refractivity contribution < 1.29 is 8.42 Å². The summed E-state index contributed by atoms with van der Waals surface area (Å²) < 4.78 is 28.8. The number of rotatable bonds is 3. The van der Waals surface area contributed by atoms with Gasteiger partial charge in [-0.1, -0.05) is 40.2 Å². The molecule has 0 aliphatic heterocycles. The van der Waals surface area contributed by atoms with E-state index in [9.17, 15) is 8.42 Å². The Balaban J connectivity index is 2.09. The lowest BCUT2D eigenvalue weighted by Gasteiger charge is -2.11. The molecule has 0 aromatic heterocycles. The summed E-state index contributed by atoms with van der Waals surface area (Å²) in [6.45, 7) is 0. The number of nitrogens with one attached hydrogen (secondary N) is 1. The van der Waals surface area contributed by atoms with Gasteiger partial charge in [-0.2, -0.15) is 0 Å². The molecule has 0 spiro atoms. The predicted molar refractivity (Wildman–Crippen MR) is 93.3 cm³/mol. The second-order valence-electron chi connectivity index (χ2n) is 4.81. The molecule has 0 radical (unpaired) electrons. The minimum Gasteiger partial charge on any atom is -0.398 e. The van der Waals surface area contributed by atoms with Crippen LogP contribution < -0.4 is 10.5 Å². The number of hydrogen-bond acceptors (Lipinski definition) is 3. The zero-order valence-electron chi connectivity index (χ0n) is 11.5. The van der Waals surface area contributed by atoms with Gasteiger partial charge in [0.2, 0.25) is 0 Å². The third-order valence-electron chi connectivity index (χ3n) is 3.30. The molecule has 0 fully saturated rings. The molecule has 0 unspecified atom stereocenters. The molecular weight excluding hydrogens is 364 g/mol. The van der Waals surface area contributed by atoms with Gasteiger partial charge < -0.3 is 5.73 Å². The molecular formula is C16H13BrN2O2S. The van der Waals surface area contributed by atoms with Crippen molar-refractivity contribution in [2.24, 2.45) is 0 Å². The highest BCUT2D eigenvalue weighted by Crippen LogP contribution is 2.28. The van der Waals surface area contributed by atoms with Gasteiger partial charge in [-0.25, -0.2) is 8.42 Å². The van der Waals surface area contributed by atoms with E-state index in [2.05, 4.69) is 20.7 Å². The number of sulfonamides is 1. The van der Waals surface area contributed by atoms with Gasteiger partial charge in [-0.05, 0) is 36.4 Å². The maximum absolute atomic E-state index is 12.6. The molecule has 4 nitrogen and oxygen atoms in total. The van der Waals surface area contributed by atoms with Crippen molar-refractivity contribution in [1.29, 1.82) is 0 Å². The lowest BCUT2D eigenvalue weighted by molar-refractivity contribution is 0.602. The molecule has 0 atom stereocenters. The first-order valence-electron chi connectivity index (χ1n) is 6.53. The molecule has 0 saturated carbocycles. The first kappa shape index (κ1) is 14.9. The van der Waals surface area contributed by atoms with Gasteiger partial charge in [0.1, 0.15) is 0 Å². The Morgan fingerprint density at radius 2 is 1.50 bits per heavy atom. The SMILES string of the molecule is Nc1cccc2c(S(=O)(=O)Nc3ccc(Br)cc3)cccc12. The smallest absolute Gasteiger partial charge is 0.262 e. The fourth-order valence-electron chi connectivity index (χ4n) is 2.27. The van der Waals surface area contributed by atoms with Gasteiger partial charge in [0.25, 0.3) is 10.0 Å². The van der Waals surface area contributed by atoms with Crippen molar-refractivity contribution in [3.05, 3.63) is 65.1 Å². The molecule has 3 N–H and O–H groups in total. The van der Waals surface area contributed by atoms with Crippen LogP contribution in [0.2, 0.25) is 0 Å². The maximum Gasteiger partial charge on any atom is 0.262 e. The first-order chi connectivity index (χ1) is 10.5. The van der Waals surface area contributed by atoms with E-state index in [-0.39, 0.29) is 4.90 Å². The number of benzene rings is 3. The Bertz CT molecular complexity index is 938. The highest BCUT2D eigenvalue weighted by molar-refractivity contribution is 9.10. The van der Waals surface area contributed by atoms with Crippen molar-refractivity contribution in [2.75, 3.05) is 10.5 Å². The van der Waals surface area contributed by atoms with E-state index in [1.54, 1.807) is 54.6 Å². The molecule has 112 valence electrons. The standard InChI is InChI=1S/C16H13BrN2O2S/c17-11-7-9-12(10-8-11)19-22(20,21)16-6-2-3-13-14(16)4-1-5-15(13)18/h1-10,19H,18H2. The van der Waals surface area contributed by atoms with Crippen molar-refractivity contribution >= 4 is 48.1 Å². The molecule has 0 saturated heterocycles. The Kier molecular flexibility index (Phi) is 3.80. The van der Waals surface area contributed by atoms with Crippen LogP contribution in [-0.2, 0) is 10.0 Å². The van der Waals surface area contributed by atoms with Gasteiger partial charge in [-0.15, -0.1) is 0 Å².